The van der Waals surface area contributed by atoms with E-state index in [4.69, 9.17) is 9.47 Å². The molecule has 1 aromatic rings. The number of nitrogens with zero attached hydrogens (tertiary/aromatic N) is 1. The number of carbonyl (C=O) groups is 2. The Bertz CT molecular complexity index is 609. The monoisotopic (exact) mass is 352 g/mol. The fourth-order valence-electron chi connectivity index (χ4n) is 2.65. The molecule has 1 aromatic carbocycles. The molecule has 1 atom stereocenters. The van der Waals surface area contributed by atoms with Crippen LogP contribution in [0.1, 0.15) is 38.7 Å². The number of nitrogens with one attached hydrogen (secondary N) is 1. The van der Waals surface area contributed by atoms with E-state index < -0.39 is 12.3 Å². The second kappa shape index (κ2) is 9.36. The summed E-state index contributed by atoms with van der Waals surface area (Å²) in [6.45, 7) is 5.02. The maximum atomic E-state index is 14.3. The molecule has 0 spiro atoms. The van der Waals surface area contributed by atoms with Crippen molar-refractivity contribution in [1.82, 2.24) is 5.32 Å². The van der Waals surface area contributed by atoms with Crippen LogP contribution in [0.2, 0.25) is 0 Å². The number of ether oxygens (including phenoxy) is 2. The van der Waals surface area contributed by atoms with Gasteiger partial charge in [0.25, 0.3) is 0 Å². The molecule has 0 radical (unpaired) electrons. The van der Waals surface area contributed by atoms with Crippen molar-refractivity contribution >= 4 is 17.7 Å². The molecule has 0 aromatic heterocycles. The highest BCUT2D eigenvalue weighted by Crippen LogP contribution is 2.24. The normalized spacial score (nSPS) is 16.8. The Hall–Kier alpha value is -2.15. The third kappa shape index (κ3) is 5.70. The lowest BCUT2D eigenvalue weighted by Gasteiger charge is -2.14. The number of halogens is 1. The molecule has 138 valence electrons. The number of hydrogen-bond acceptors (Lipinski definition) is 4. The van der Waals surface area contributed by atoms with Crippen molar-refractivity contribution in [2.45, 2.75) is 45.8 Å². The van der Waals surface area contributed by atoms with E-state index in [1.807, 2.05) is 0 Å². The molecule has 1 saturated heterocycles. The number of anilines is 1. The van der Waals surface area contributed by atoms with Crippen LogP contribution in [0.4, 0.5) is 14.9 Å². The average molecular weight is 352 g/mol. The van der Waals surface area contributed by atoms with Gasteiger partial charge >= 0.3 is 6.09 Å². The third-order valence-corrected chi connectivity index (χ3v) is 3.86. The Morgan fingerprint density at radius 2 is 2.20 bits per heavy atom. The Morgan fingerprint density at radius 1 is 1.40 bits per heavy atom. The van der Waals surface area contributed by atoms with Crippen molar-refractivity contribution in [3.63, 3.8) is 0 Å². The molecule has 0 saturated carbocycles. The lowest BCUT2D eigenvalue weighted by atomic mass is 10.1. The number of benzene rings is 1. The highest BCUT2D eigenvalue weighted by atomic mass is 19.1. The summed E-state index contributed by atoms with van der Waals surface area (Å²) in [7, 11) is 0. The number of hydrogen-bond donors (Lipinski definition) is 1. The molecule has 1 aliphatic rings. The fourth-order valence-corrected chi connectivity index (χ4v) is 2.65. The van der Waals surface area contributed by atoms with Gasteiger partial charge in [-0.15, -0.1) is 0 Å². The van der Waals surface area contributed by atoms with Crippen LogP contribution in [0, 0.1) is 5.82 Å². The Labute approximate surface area is 147 Å². The van der Waals surface area contributed by atoms with Gasteiger partial charge in [-0.2, -0.15) is 0 Å². The van der Waals surface area contributed by atoms with Crippen LogP contribution in [0.3, 0.4) is 0 Å². The number of amides is 2. The van der Waals surface area contributed by atoms with E-state index in [0.717, 1.165) is 25.9 Å². The minimum atomic E-state index is -0.712. The van der Waals surface area contributed by atoms with Gasteiger partial charge in [-0.3, -0.25) is 9.69 Å². The molecule has 1 N–H and O–H groups in total. The minimum Gasteiger partial charge on any atom is -0.423 e. The molecular formula is C18H25FN2O4. The van der Waals surface area contributed by atoms with E-state index >= 15 is 0 Å². The molecule has 0 unspecified atom stereocenters. The smallest absolute Gasteiger partial charge is 0.416 e. The standard InChI is InChI=1S/C18H25FN2O4/c1-3-9-24-10-5-4-6-14-7-8-15(11-16(14)19)21-12-17(20-13(2)22)25-18(21)23/h7-8,11,17H,3-6,9-10,12H2,1-2H3,(H,20,22)/t17-/m1/s1. The third-order valence-electron chi connectivity index (χ3n) is 3.86. The molecular weight excluding hydrogens is 327 g/mol. The summed E-state index contributed by atoms with van der Waals surface area (Å²) < 4.78 is 24.7. The summed E-state index contributed by atoms with van der Waals surface area (Å²) in [5, 5.41) is 2.52. The van der Waals surface area contributed by atoms with Crippen molar-refractivity contribution < 1.29 is 23.5 Å². The van der Waals surface area contributed by atoms with Crippen LogP contribution >= 0.6 is 0 Å². The number of unbranched alkanes of at least 4 members (excludes halogenated alkanes) is 1. The largest absolute Gasteiger partial charge is 0.423 e. The molecule has 6 nitrogen and oxygen atoms in total. The summed E-state index contributed by atoms with van der Waals surface area (Å²) in [5.41, 5.74) is 1.04. The van der Waals surface area contributed by atoms with Crippen LogP contribution < -0.4 is 10.2 Å². The van der Waals surface area contributed by atoms with E-state index in [9.17, 15) is 14.0 Å². The Kier molecular flexibility index (Phi) is 7.18. The first-order valence-corrected chi connectivity index (χ1v) is 8.62. The zero-order chi connectivity index (χ0) is 18.2. The minimum absolute atomic E-state index is 0.159. The fraction of sp³-hybridized carbons (Fsp3) is 0.556. The number of carbonyl (C=O) groups excluding carboxylic acids is 2. The zero-order valence-electron chi connectivity index (χ0n) is 14.7. The Balaban J connectivity index is 1.88. The van der Waals surface area contributed by atoms with Gasteiger partial charge in [0.05, 0.1) is 12.2 Å². The van der Waals surface area contributed by atoms with Gasteiger partial charge in [-0.05, 0) is 43.4 Å². The first kappa shape index (κ1) is 19.2. The topological polar surface area (TPSA) is 67.9 Å². The van der Waals surface area contributed by atoms with Crippen LogP contribution in [-0.2, 0) is 20.7 Å². The average Bonchev–Trinajstić information content (AvgIpc) is 2.91. The van der Waals surface area contributed by atoms with E-state index in [2.05, 4.69) is 12.2 Å². The van der Waals surface area contributed by atoms with Crippen molar-refractivity contribution in [2.24, 2.45) is 0 Å². The number of cyclic esters (lactones) is 1. The predicted molar refractivity (Wildman–Crippen MR) is 91.9 cm³/mol. The van der Waals surface area contributed by atoms with Crippen LogP contribution in [0.5, 0.6) is 0 Å². The van der Waals surface area contributed by atoms with Gasteiger partial charge in [0.2, 0.25) is 5.91 Å². The molecule has 1 aliphatic heterocycles. The first-order valence-electron chi connectivity index (χ1n) is 8.62. The van der Waals surface area contributed by atoms with E-state index in [-0.39, 0.29) is 18.3 Å². The van der Waals surface area contributed by atoms with Gasteiger partial charge in [-0.1, -0.05) is 13.0 Å². The summed E-state index contributed by atoms with van der Waals surface area (Å²) in [5.74, 6) is -0.633. The van der Waals surface area contributed by atoms with E-state index in [1.165, 1.54) is 17.9 Å². The van der Waals surface area contributed by atoms with Crippen LogP contribution in [0.15, 0.2) is 18.2 Å². The van der Waals surface area contributed by atoms with Crippen molar-refractivity contribution in [3.8, 4) is 0 Å². The SMILES string of the molecule is CCCOCCCCc1ccc(N2C[C@H](NC(C)=O)OC2=O)cc1F. The molecule has 1 heterocycles. The number of rotatable bonds is 9. The predicted octanol–water partition coefficient (Wildman–Crippen LogP) is 2.99. The molecule has 2 rings (SSSR count). The highest BCUT2D eigenvalue weighted by Gasteiger charge is 2.33. The summed E-state index contributed by atoms with van der Waals surface area (Å²) in [6.07, 6.45) is 2.04. The first-order chi connectivity index (χ1) is 12.0. The second-order valence-electron chi connectivity index (χ2n) is 6.03. The van der Waals surface area contributed by atoms with Crippen molar-refractivity contribution in [1.29, 1.82) is 0 Å². The molecule has 2 amide bonds. The Morgan fingerprint density at radius 3 is 2.88 bits per heavy atom. The number of aryl methyl sites for hydroxylation is 1. The lowest BCUT2D eigenvalue weighted by molar-refractivity contribution is -0.121. The zero-order valence-corrected chi connectivity index (χ0v) is 14.7. The maximum Gasteiger partial charge on any atom is 0.416 e. The molecule has 0 bridgehead atoms. The molecule has 25 heavy (non-hydrogen) atoms. The highest BCUT2D eigenvalue weighted by molar-refractivity contribution is 5.90. The quantitative estimate of drug-likeness (QED) is 0.694. The summed E-state index contributed by atoms with van der Waals surface area (Å²) >= 11 is 0. The van der Waals surface area contributed by atoms with E-state index in [0.29, 0.717) is 24.3 Å². The summed E-state index contributed by atoms with van der Waals surface area (Å²) in [4.78, 5) is 24.2. The maximum absolute atomic E-state index is 14.3. The van der Waals surface area contributed by atoms with Gasteiger partial charge in [0.1, 0.15) is 5.82 Å². The lowest BCUT2D eigenvalue weighted by Crippen LogP contribution is -2.36. The molecule has 1 fully saturated rings. The second-order valence-corrected chi connectivity index (χ2v) is 6.03. The summed E-state index contributed by atoms with van der Waals surface area (Å²) in [6, 6.07) is 4.72. The van der Waals surface area contributed by atoms with Crippen LogP contribution in [0.25, 0.3) is 0 Å². The molecule has 0 aliphatic carbocycles. The van der Waals surface area contributed by atoms with Gasteiger partial charge in [0, 0.05) is 20.1 Å². The van der Waals surface area contributed by atoms with Crippen LogP contribution in [-0.4, -0.2) is 38.0 Å². The molecule has 7 heteroatoms. The van der Waals surface area contributed by atoms with Gasteiger partial charge in [-0.25, -0.2) is 9.18 Å². The van der Waals surface area contributed by atoms with Crippen molar-refractivity contribution in [2.75, 3.05) is 24.7 Å². The van der Waals surface area contributed by atoms with E-state index in [1.54, 1.807) is 12.1 Å². The van der Waals surface area contributed by atoms with Crippen molar-refractivity contribution in [3.05, 3.63) is 29.6 Å². The van der Waals surface area contributed by atoms with Gasteiger partial charge in [0.15, 0.2) is 6.23 Å². The van der Waals surface area contributed by atoms with Gasteiger partial charge < -0.3 is 14.8 Å².